The highest BCUT2D eigenvalue weighted by Gasteiger charge is 2.65. The quantitative estimate of drug-likeness (QED) is 0.144. The van der Waals surface area contributed by atoms with Gasteiger partial charge in [-0.2, -0.15) is 0 Å². The van der Waals surface area contributed by atoms with Crippen molar-refractivity contribution in [3.8, 4) is 0 Å². The van der Waals surface area contributed by atoms with Crippen molar-refractivity contribution in [2.75, 3.05) is 32.4 Å². The highest BCUT2D eigenvalue weighted by Crippen LogP contribution is 2.52. The minimum absolute atomic E-state index is 0.175. The van der Waals surface area contributed by atoms with Crippen LogP contribution >= 0.6 is 23.5 Å². The number of nitrogens with one attached hydrogen (secondary N) is 5. The highest BCUT2D eigenvalue weighted by molar-refractivity contribution is 8.02. The molecule has 2 aromatic carbocycles. The lowest BCUT2D eigenvalue weighted by molar-refractivity contribution is -0.161. The molecule has 6 saturated heterocycles. The zero-order chi connectivity index (χ0) is 49.8. The Hall–Kier alpha value is -6.61. The van der Waals surface area contributed by atoms with Gasteiger partial charge in [-0.15, -0.1) is 23.5 Å². The SMILES string of the molecule is CC1(C)S[C@@H]2[C@H](NC(=O)[C@@H](NC(=O)N3CCNC3=O)c3ccccc3)C(=O)N2[C@H]1C(=O)O.CC1(C)S[C@@H]2[C@H](NC(=O)[C@H](NC(=O)N3CCN(S(C)(=O)=O)C3=O)c3ccccc3)C(=O)N2[C@H]1C(=O)O. The van der Waals surface area contributed by atoms with Crippen LogP contribution in [-0.2, 0) is 38.8 Å². The standard InChI is InChI=1S/C21H25N5O8S2.C20H23N5O6S/c1-21(2)14(18(29)30)26-16(28)13(17(26)35-21)22-15(27)12(11-7-5-4-6-8-11)23-19(31)24-9-10-25(20(24)32)36(3,33)34;1-20(2)13(17(28)29)25-15(27)12(16(25)32-20)22-14(26)11(10-6-4-3-5-7-10)23-19(31)24-9-8-21-18(24)30/h4-8,12-14,17H,9-10H2,1-3H3,(H,22,27)(H,23,31)(H,29,30);3-7,11-13,16H,8-9H2,1-2H3,(H,21,30)(H,22,26)(H,23,31)(H,28,29)/t12-,13-,14+,17-;11-,12+,13-,16+/m10/s1. The van der Waals surface area contributed by atoms with Gasteiger partial charge in [0.05, 0.1) is 19.3 Å². The number of carboxylic acids is 2. The number of carbonyl (C=O) groups excluding carboxylic acids is 8. The monoisotopic (exact) mass is 1000 g/mol. The molecule has 6 aliphatic heterocycles. The first-order chi connectivity index (χ1) is 31.8. The van der Waals surface area contributed by atoms with E-state index in [0.29, 0.717) is 26.9 Å². The number of hydrogen-bond donors (Lipinski definition) is 7. The first kappa shape index (κ1) is 49.3. The Balaban J connectivity index is 0.000000203. The normalized spacial score (nSPS) is 26.2. The summed E-state index contributed by atoms with van der Waals surface area (Å²) >= 11 is 2.57. The molecule has 0 aliphatic carbocycles. The summed E-state index contributed by atoms with van der Waals surface area (Å²) in [5.74, 6) is -4.63. The van der Waals surface area contributed by atoms with Crippen LogP contribution in [0.3, 0.4) is 0 Å². The van der Waals surface area contributed by atoms with E-state index in [4.69, 9.17) is 0 Å². The second kappa shape index (κ2) is 18.5. The number of urea groups is 4. The zero-order valence-corrected chi connectivity index (χ0v) is 39.4. The molecule has 6 fully saturated rings. The van der Waals surface area contributed by atoms with Crippen molar-refractivity contribution in [1.29, 1.82) is 0 Å². The smallest absolute Gasteiger partial charge is 0.341 e. The van der Waals surface area contributed by atoms with Crippen molar-refractivity contribution in [3.05, 3.63) is 71.8 Å². The van der Waals surface area contributed by atoms with Crippen LogP contribution in [0.1, 0.15) is 50.9 Å². The molecular weight excluding hydrogens is 953 g/mol. The summed E-state index contributed by atoms with van der Waals surface area (Å²) in [6.07, 6.45) is 0.850. The topological polar surface area (TPSA) is 322 Å². The predicted octanol–water partition coefficient (Wildman–Crippen LogP) is -0.140. The van der Waals surface area contributed by atoms with Crippen molar-refractivity contribution >= 4 is 93.2 Å². The van der Waals surface area contributed by atoms with Crippen LogP contribution in [0.25, 0.3) is 0 Å². The maximum atomic E-state index is 13.3. The maximum absolute atomic E-state index is 13.3. The molecule has 0 spiro atoms. The number of aliphatic carboxylic acids is 2. The Bertz CT molecular complexity index is 2570. The van der Waals surface area contributed by atoms with Crippen molar-refractivity contribution in [1.82, 2.24) is 50.5 Å². The summed E-state index contributed by atoms with van der Waals surface area (Å²) in [4.78, 5) is 129. The molecule has 12 amide bonds. The Labute approximate surface area is 397 Å². The fourth-order valence-electron chi connectivity index (χ4n) is 8.74. The lowest BCUT2D eigenvalue weighted by Gasteiger charge is -2.44. The number of fused-ring (bicyclic) bond motifs is 2. The van der Waals surface area contributed by atoms with Gasteiger partial charge in [-0.3, -0.25) is 19.2 Å². The van der Waals surface area contributed by atoms with E-state index < -0.39 is 126 Å². The number of carboxylic acid groups (broad SMARTS) is 2. The average molecular weight is 1000 g/mol. The van der Waals surface area contributed by atoms with Crippen LogP contribution in [0.15, 0.2) is 60.7 Å². The van der Waals surface area contributed by atoms with Gasteiger partial charge in [0.25, 0.3) is 0 Å². The molecule has 0 aromatic heterocycles. The molecule has 6 aliphatic rings. The number of carbonyl (C=O) groups is 10. The summed E-state index contributed by atoms with van der Waals surface area (Å²) in [5.41, 5.74) is 0.839. The minimum Gasteiger partial charge on any atom is -0.480 e. The number of imide groups is 2. The van der Waals surface area contributed by atoms with Crippen LogP contribution in [0, 0.1) is 0 Å². The molecule has 6 heterocycles. The fourth-order valence-corrected chi connectivity index (χ4v) is 12.8. The highest BCUT2D eigenvalue weighted by atomic mass is 32.2. The molecule has 0 radical (unpaired) electrons. The third-order valence-electron chi connectivity index (χ3n) is 12.0. The molecule has 2 aromatic rings. The molecule has 0 unspecified atom stereocenters. The van der Waals surface area contributed by atoms with E-state index >= 15 is 0 Å². The van der Waals surface area contributed by atoms with Gasteiger partial charge in [0.1, 0.15) is 47.0 Å². The number of nitrogens with zero attached hydrogens (tertiary/aromatic N) is 5. The molecule has 7 N–H and O–H groups in total. The third kappa shape index (κ3) is 9.20. The number of sulfonamides is 1. The summed E-state index contributed by atoms with van der Waals surface area (Å²) in [6, 6.07) is 6.89. The maximum Gasteiger partial charge on any atom is 0.341 e. The molecule has 68 heavy (non-hydrogen) atoms. The van der Waals surface area contributed by atoms with Crippen molar-refractivity contribution in [2.45, 2.75) is 84.2 Å². The molecule has 8 atom stereocenters. The van der Waals surface area contributed by atoms with Crippen LogP contribution in [0.4, 0.5) is 19.2 Å². The second-order valence-electron chi connectivity index (χ2n) is 17.4. The lowest BCUT2D eigenvalue weighted by atomic mass is 9.95. The van der Waals surface area contributed by atoms with Crippen molar-refractivity contribution in [2.24, 2.45) is 0 Å². The van der Waals surface area contributed by atoms with E-state index in [9.17, 15) is 66.6 Å². The molecule has 8 rings (SSSR count). The van der Waals surface area contributed by atoms with E-state index in [-0.39, 0.29) is 19.6 Å². The summed E-state index contributed by atoms with van der Waals surface area (Å²) in [7, 11) is -3.87. The van der Waals surface area contributed by atoms with Gasteiger partial charge in [-0.1, -0.05) is 60.7 Å². The van der Waals surface area contributed by atoms with Crippen LogP contribution in [0.5, 0.6) is 0 Å². The van der Waals surface area contributed by atoms with E-state index in [2.05, 4.69) is 26.6 Å². The Morgan fingerprint density at radius 1 is 0.662 bits per heavy atom. The summed E-state index contributed by atoms with van der Waals surface area (Å²) in [6.45, 7) is 7.00. The van der Waals surface area contributed by atoms with Crippen molar-refractivity contribution < 1.29 is 66.6 Å². The van der Waals surface area contributed by atoms with Crippen LogP contribution in [-0.4, -0.2) is 179 Å². The Kier molecular flexibility index (Phi) is 13.4. The van der Waals surface area contributed by atoms with Gasteiger partial charge in [0, 0.05) is 22.6 Å². The molecule has 27 heteroatoms. The van der Waals surface area contributed by atoms with Crippen LogP contribution < -0.4 is 26.6 Å². The van der Waals surface area contributed by atoms with E-state index in [1.54, 1.807) is 88.4 Å². The van der Waals surface area contributed by atoms with Gasteiger partial charge >= 0.3 is 36.1 Å². The number of hydrogen-bond acceptors (Lipinski definition) is 14. The molecule has 0 bridgehead atoms. The number of β-lactam (4-membered cyclic amide) rings is 2. The number of benzene rings is 2. The van der Waals surface area contributed by atoms with Gasteiger partial charge in [0.15, 0.2) is 0 Å². The first-order valence-corrected chi connectivity index (χ1v) is 24.6. The minimum atomic E-state index is -3.87. The largest absolute Gasteiger partial charge is 0.480 e. The van der Waals surface area contributed by atoms with Gasteiger partial charge in [-0.25, -0.2) is 51.3 Å². The van der Waals surface area contributed by atoms with Crippen LogP contribution in [0.2, 0.25) is 0 Å². The zero-order valence-electron chi connectivity index (χ0n) is 37.0. The average Bonchev–Trinajstić information content (AvgIpc) is 4.02. The Morgan fingerprint density at radius 3 is 1.43 bits per heavy atom. The summed E-state index contributed by atoms with van der Waals surface area (Å²) < 4.78 is 22.6. The molecule has 24 nitrogen and oxygen atoms in total. The molecular formula is C41H48N10O14S3. The summed E-state index contributed by atoms with van der Waals surface area (Å²) in [5, 5.41) is 30.8. The van der Waals surface area contributed by atoms with Gasteiger partial charge in [0.2, 0.25) is 33.7 Å². The van der Waals surface area contributed by atoms with Crippen molar-refractivity contribution in [3.63, 3.8) is 0 Å². The number of amides is 12. The fraction of sp³-hybridized carbons (Fsp3) is 0.463. The first-order valence-electron chi connectivity index (χ1n) is 21.0. The van der Waals surface area contributed by atoms with Gasteiger partial charge < -0.3 is 46.6 Å². The number of thioether (sulfide) groups is 2. The van der Waals surface area contributed by atoms with E-state index in [1.165, 1.54) is 33.3 Å². The second-order valence-corrected chi connectivity index (χ2v) is 22.9. The number of rotatable bonds is 11. The predicted molar refractivity (Wildman–Crippen MR) is 241 cm³/mol. The van der Waals surface area contributed by atoms with Gasteiger partial charge in [-0.05, 0) is 38.8 Å². The molecule has 0 saturated carbocycles. The third-order valence-corrected chi connectivity index (χ3v) is 16.3. The van der Waals surface area contributed by atoms with E-state index in [1.807, 2.05) is 0 Å². The van der Waals surface area contributed by atoms with E-state index in [0.717, 1.165) is 11.2 Å². The Morgan fingerprint density at radius 2 is 1.07 bits per heavy atom. The lowest BCUT2D eigenvalue weighted by Crippen LogP contribution is -2.71. The molecule has 364 valence electrons.